The van der Waals surface area contributed by atoms with Gasteiger partial charge in [0.2, 0.25) is 5.34 Å². The van der Waals surface area contributed by atoms with Crippen molar-refractivity contribution in [2.75, 3.05) is 27.7 Å². The van der Waals surface area contributed by atoms with Crippen molar-refractivity contribution >= 4 is 7.60 Å². The van der Waals surface area contributed by atoms with Crippen LogP contribution in [-0.4, -0.2) is 52.4 Å². The molecule has 5 nitrogen and oxygen atoms in total. The zero-order valence-corrected chi connectivity index (χ0v) is 19.1. The topological polar surface area (TPSA) is 77.8 Å². The Kier molecular flexibility index (Phi) is 13.8. The Morgan fingerprint density at radius 3 is 1.70 bits per heavy atom. The lowest BCUT2D eigenvalue weighted by molar-refractivity contribution is -0.875. The van der Waals surface area contributed by atoms with Crippen LogP contribution in [0.1, 0.15) is 90.4 Å². The van der Waals surface area contributed by atoms with Gasteiger partial charge in [-0.25, -0.2) is 0 Å². The van der Waals surface area contributed by atoms with Crippen LogP contribution in [0.4, 0.5) is 0 Å². The summed E-state index contributed by atoms with van der Waals surface area (Å²) in [7, 11) is 0.969. The predicted molar refractivity (Wildman–Crippen MR) is 115 cm³/mol. The molecule has 0 saturated heterocycles. The molecule has 0 aliphatic carbocycles. The van der Waals surface area contributed by atoms with Crippen LogP contribution in [0.25, 0.3) is 0 Å². The normalized spacial score (nSPS) is 15.4. The molecule has 0 bridgehead atoms. The van der Waals surface area contributed by atoms with Crippen molar-refractivity contribution in [1.82, 2.24) is 0 Å². The summed E-state index contributed by atoms with van der Waals surface area (Å²) < 4.78 is 12.1. The van der Waals surface area contributed by atoms with Crippen molar-refractivity contribution < 1.29 is 23.9 Å². The second-order valence-corrected chi connectivity index (χ2v) is 10.9. The second-order valence-electron chi connectivity index (χ2n) is 8.96. The minimum absolute atomic E-state index is 0.0597. The van der Waals surface area contributed by atoms with E-state index < -0.39 is 12.9 Å². The Morgan fingerprint density at radius 2 is 1.26 bits per heavy atom. The van der Waals surface area contributed by atoms with E-state index in [0.717, 1.165) is 19.3 Å². The lowest BCUT2D eigenvalue weighted by Gasteiger charge is -2.35. The summed E-state index contributed by atoms with van der Waals surface area (Å²) in [5.41, 5.74) is 0. The predicted octanol–water partition coefficient (Wildman–Crippen LogP) is 5.21. The van der Waals surface area contributed by atoms with Gasteiger partial charge in [-0.2, -0.15) is 0 Å². The molecule has 0 saturated carbocycles. The largest absolute Gasteiger partial charge is 0.373 e. The molecule has 0 radical (unpaired) electrons. The number of likely N-dealkylation sites (N-methyl/N-ethyl adjacent to an activating group) is 1. The molecular weight excluding hydrogens is 361 g/mol. The minimum Gasteiger partial charge on any atom is -0.373 e. The van der Waals surface area contributed by atoms with Gasteiger partial charge in [0.15, 0.2) is 0 Å². The third-order valence-electron chi connectivity index (χ3n) is 4.86. The monoisotopic (exact) mass is 406 g/mol. The van der Waals surface area contributed by atoms with Gasteiger partial charge < -0.3 is 19.4 Å². The first kappa shape index (κ1) is 26.8. The number of quaternary nitrogens is 1. The lowest BCUT2D eigenvalue weighted by Crippen LogP contribution is -2.49. The maximum Gasteiger partial charge on any atom is 0.362 e. The standard InChI is InChI=1S/C21H44NO4P/c1-5-6-7-8-9-10-11-12-13-14-15-16-17-18-19-21(23,27(24,25)26)20-22(2,3)4/h8-9,23H,5-7,10-20H2,1-4H3,(H-,24,25,26)/p+1/b9-8-. The first-order chi connectivity index (χ1) is 12.5. The summed E-state index contributed by atoms with van der Waals surface area (Å²) in [6.45, 7) is 2.28. The fraction of sp³-hybridized carbons (Fsp3) is 0.905. The number of hydrogen-bond acceptors (Lipinski definition) is 2. The molecular formula is C21H45NO4P+. The highest BCUT2D eigenvalue weighted by molar-refractivity contribution is 7.53. The van der Waals surface area contributed by atoms with Gasteiger partial charge in [-0.1, -0.05) is 70.4 Å². The zero-order valence-electron chi connectivity index (χ0n) is 18.2. The van der Waals surface area contributed by atoms with E-state index in [1.165, 1.54) is 51.4 Å². The average molecular weight is 407 g/mol. The fourth-order valence-electron chi connectivity index (χ4n) is 3.37. The van der Waals surface area contributed by atoms with Gasteiger partial charge in [0.05, 0.1) is 21.1 Å². The molecule has 0 aromatic carbocycles. The van der Waals surface area contributed by atoms with E-state index in [0.29, 0.717) is 10.9 Å². The van der Waals surface area contributed by atoms with Crippen LogP contribution in [0, 0.1) is 0 Å². The van der Waals surface area contributed by atoms with Gasteiger partial charge in [0.25, 0.3) is 0 Å². The quantitative estimate of drug-likeness (QED) is 0.134. The van der Waals surface area contributed by atoms with E-state index in [4.69, 9.17) is 0 Å². The Balaban J connectivity index is 3.77. The van der Waals surface area contributed by atoms with Gasteiger partial charge in [0, 0.05) is 0 Å². The van der Waals surface area contributed by atoms with Crippen LogP contribution in [-0.2, 0) is 4.57 Å². The Labute approximate surface area is 167 Å². The number of nitrogens with zero attached hydrogens (tertiary/aromatic N) is 1. The smallest absolute Gasteiger partial charge is 0.362 e. The van der Waals surface area contributed by atoms with Gasteiger partial charge >= 0.3 is 7.60 Å². The van der Waals surface area contributed by atoms with Crippen molar-refractivity contribution in [1.29, 1.82) is 0 Å². The van der Waals surface area contributed by atoms with E-state index in [2.05, 4.69) is 19.1 Å². The first-order valence-corrected chi connectivity index (χ1v) is 12.4. The molecule has 0 spiro atoms. The number of unbranched alkanes of at least 4 members (excludes halogenated alkanes) is 10. The van der Waals surface area contributed by atoms with Crippen LogP contribution < -0.4 is 0 Å². The number of hydrogen-bond donors (Lipinski definition) is 3. The summed E-state index contributed by atoms with van der Waals surface area (Å²) in [6, 6.07) is 0. The average Bonchev–Trinajstić information content (AvgIpc) is 2.52. The molecule has 1 unspecified atom stereocenters. The zero-order chi connectivity index (χ0) is 20.8. The van der Waals surface area contributed by atoms with Gasteiger partial charge in [-0.3, -0.25) is 4.57 Å². The summed E-state index contributed by atoms with van der Waals surface area (Å²) in [4.78, 5) is 19.1. The van der Waals surface area contributed by atoms with E-state index in [9.17, 15) is 19.5 Å². The molecule has 0 fully saturated rings. The lowest BCUT2D eigenvalue weighted by atomic mass is 10.0. The molecule has 6 heteroatoms. The molecule has 0 rings (SSSR count). The summed E-state index contributed by atoms with van der Waals surface area (Å²) >= 11 is 0. The first-order valence-electron chi connectivity index (χ1n) is 10.8. The molecule has 0 heterocycles. The van der Waals surface area contributed by atoms with Crippen LogP contribution >= 0.6 is 7.60 Å². The van der Waals surface area contributed by atoms with E-state index in [-0.39, 0.29) is 13.0 Å². The Morgan fingerprint density at radius 1 is 0.815 bits per heavy atom. The minimum atomic E-state index is -4.54. The SMILES string of the molecule is CCCC/C=C\CCCCCCCCCCC(O)(C[N+](C)(C)C)P(=O)(O)O. The molecule has 3 N–H and O–H groups in total. The van der Waals surface area contributed by atoms with Crippen LogP contribution in [0.2, 0.25) is 0 Å². The Bertz CT molecular complexity index is 442. The highest BCUT2D eigenvalue weighted by Crippen LogP contribution is 2.52. The van der Waals surface area contributed by atoms with Crippen molar-refractivity contribution in [3.8, 4) is 0 Å². The maximum atomic E-state index is 11.7. The van der Waals surface area contributed by atoms with E-state index in [1.54, 1.807) is 0 Å². The Hall–Kier alpha value is -0.190. The van der Waals surface area contributed by atoms with Gasteiger partial charge in [-0.15, -0.1) is 0 Å². The van der Waals surface area contributed by atoms with Crippen LogP contribution in [0.5, 0.6) is 0 Å². The third-order valence-corrected chi connectivity index (χ3v) is 6.31. The molecule has 0 aliphatic rings. The number of allylic oxidation sites excluding steroid dienone is 2. The van der Waals surface area contributed by atoms with Crippen molar-refractivity contribution in [2.24, 2.45) is 0 Å². The fourth-order valence-corrected chi connectivity index (χ4v) is 4.42. The molecule has 1 atom stereocenters. The summed E-state index contributed by atoms with van der Waals surface area (Å²) in [5, 5.41) is 8.58. The van der Waals surface area contributed by atoms with Crippen molar-refractivity contribution in [3.63, 3.8) is 0 Å². The van der Waals surface area contributed by atoms with Crippen molar-refractivity contribution in [2.45, 2.75) is 95.7 Å². The highest BCUT2D eigenvalue weighted by atomic mass is 31.2. The van der Waals surface area contributed by atoms with Gasteiger partial charge in [0.1, 0.15) is 6.54 Å². The number of aliphatic hydroxyl groups is 1. The molecule has 0 amide bonds. The van der Waals surface area contributed by atoms with E-state index in [1.807, 2.05) is 21.1 Å². The van der Waals surface area contributed by atoms with Gasteiger partial charge in [-0.05, 0) is 32.1 Å². The molecule has 27 heavy (non-hydrogen) atoms. The summed E-state index contributed by atoms with van der Waals surface area (Å²) in [5.74, 6) is 0. The van der Waals surface area contributed by atoms with E-state index >= 15 is 0 Å². The second kappa shape index (κ2) is 13.9. The number of rotatable bonds is 17. The molecule has 0 aromatic heterocycles. The van der Waals surface area contributed by atoms with Crippen LogP contribution in [0.3, 0.4) is 0 Å². The van der Waals surface area contributed by atoms with Crippen molar-refractivity contribution in [3.05, 3.63) is 12.2 Å². The maximum absolute atomic E-state index is 11.7. The third kappa shape index (κ3) is 14.5. The highest BCUT2D eigenvalue weighted by Gasteiger charge is 2.48. The summed E-state index contributed by atoms with van der Waals surface area (Å²) in [6.07, 6.45) is 18.6. The molecule has 0 aliphatic heterocycles. The molecule has 0 aromatic rings. The van der Waals surface area contributed by atoms with Crippen LogP contribution in [0.15, 0.2) is 12.2 Å². The molecule has 162 valence electrons.